The zero-order chi connectivity index (χ0) is 23.3. The van der Waals surface area contributed by atoms with Gasteiger partial charge in [-0.25, -0.2) is 0 Å². The van der Waals surface area contributed by atoms with Crippen molar-refractivity contribution >= 4 is 11.8 Å². The number of hydrogen-bond donors (Lipinski definition) is 3. The molecule has 0 aliphatic heterocycles. The molecule has 0 fully saturated rings. The minimum atomic E-state index is -0.0680. The number of nitrogens with one attached hydrogen (secondary N) is 3. The smallest absolute Gasteiger partial charge is 0.251 e. The van der Waals surface area contributed by atoms with E-state index in [1.165, 1.54) is 0 Å². The van der Waals surface area contributed by atoms with Gasteiger partial charge in [0.25, 0.3) is 11.8 Å². The summed E-state index contributed by atoms with van der Waals surface area (Å²) in [7, 11) is 3.75. The van der Waals surface area contributed by atoms with Crippen LogP contribution in [0.5, 0.6) is 0 Å². The first-order valence-corrected chi connectivity index (χ1v) is 11.0. The summed E-state index contributed by atoms with van der Waals surface area (Å²) < 4.78 is 5.99. The van der Waals surface area contributed by atoms with Crippen LogP contribution in [0, 0.1) is 0 Å². The molecule has 3 rings (SSSR count). The maximum atomic E-state index is 12.0. The van der Waals surface area contributed by atoms with E-state index in [1.54, 1.807) is 24.3 Å². The van der Waals surface area contributed by atoms with E-state index >= 15 is 0 Å². The van der Waals surface area contributed by atoms with Crippen LogP contribution in [0.1, 0.15) is 47.4 Å². The van der Waals surface area contributed by atoms with Crippen LogP contribution < -0.4 is 16.0 Å². The molecule has 32 heavy (non-hydrogen) atoms. The van der Waals surface area contributed by atoms with Crippen molar-refractivity contribution in [1.82, 2.24) is 16.0 Å². The van der Waals surface area contributed by atoms with Crippen LogP contribution in [0.2, 0.25) is 0 Å². The third kappa shape index (κ3) is 7.10. The van der Waals surface area contributed by atoms with E-state index in [4.69, 9.17) is 4.42 Å². The standard InChI is InChI=1S/C24H26N2O3.C2H7N/c1-3-15-25-23(27)19-9-5-17(6-10-19)21-13-14-22(29-21)18-7-11-20(12-8-18)24(28)26-16-4-2;1-3-2/h5-14H,3-4,15-16H2,1-2H3,(H,25,27)(H,26,28);3H,1-2H3. The Hall–Kier alpha value is -3.38. The highest BCUT2D eigenvalue weighted by molar-refractivity contribution is 5.95. The summed E-state index contributed by atoms with van der Waals surface area (Å²) in [6.45, 7) is 5.38. The molecule has 6 heteroatoms. The van der Waals surface area contributed by atoms with Gasteiger partial charge in [-0.05, 0) is 63.3 Å². The minimum absolute atomic E-state index is 0.0680. The van der Waals surface area contributed by atoms with E-state index in [1.807, 2.05) is 64.3 Å². The maximum Gasteiger partial charge on any atom is 0.251 e. The van der Waals surface area contributed by atoms with Crippen molar-refractivity contribution < 1.29 is 14.0 Å². The highest BCUT2D eigenvalue weighted by atomic mass is 16.3. The number of carbonyl (C=O) groups excluding carboxylic acids is 2. The normalized spacial score (nSPS) is 10.1. The zero-order valence-electron chi connectivity index (χ0n) is 19.3. The van der Waals surface area contributed by atoms with Gasteiger partial charge in [-0.15, -0.1) is 0 Å². The number of hydrogen-bond acceptors (Lipinski definition) is 4. The van der Waals surface area contributed by atoms with E-state index < -0.39 is 0 Å². The van der Waals surface area contributed by atoms with Gasteiger partial charge in [-0.1, -0.05) is 38.1 Å². The predicted octanol–water partition coefficient (Wildman–Crippen LogP) is 4.73. The Kier molecular flexibility index (Phi) is 10.2. The molecule has 3 aromatic rings. The molecule has 0 atom stereocenters. The second kappa shape index (κ2) is 13.1. The quantitative estimate of drug-likeness (QED) is 0.478. The number of amides is 2. The molecule has 0 radical (unpaired) electrons. The molecule has 0 spiro atoms. The van der Waals surface area contributed by atoms with Crippen LogP contribution in [0.4, 0.5) is 0 Å². The molecule has 0 unspecified atom stereocenters. The molecule has 0 saturated heterocycles. The predicted molar refractivity (Wildman–Crippen MR) is 130 cm³/mol. The highest BCUT2D eigenvalue weighted by Crippen LogP contribution is 2.29. The van der Waals surface area contributed by atoms with Gasteiger partial charge < -0.3 is 20.4 Å². The van der Waals surface area contributed by atoms with Gasteiger partial charge in [0.15, 0.2) is 0 Å². The first kappa shape index (κ1) is 24.9. The first-order valence-electron chi connectivity index (χ1n) is 11.0. The van der Waals surface area contributed by atoms with Crippen molar-refractivity contribution in [3.8, 4) is 22.6 Å². The lowest BCUT2D eigenvalue weighted by atomic mass is 10.1. The molecule has 0 aliphatic carbocycles. The molecule has 2 aromatic carbocycles. The molecule has 3 N–H and O–H groups in total. The van der Waals surface area contributed by atoms with Crippen LogP contribution in [0.15, 0.2) is 65.1 Å². The Bertz CT molecular complexity index is 898. The Balaban J connectivity index is 0.00000114. The van der Waals surface area contributed by atoms with Gasteiger partial charge >= 0.3 is 0 Å². The Labute approximate surface area is 190 Å². The average Bonchev–Trinajstić information content (AvgIpc) is 3.32. The summed E-state index contributed by atoms with van der Waals surface area (Å²) in [6, 6.07) is 18.5. The fourth-order valence-corrected chi connectivity index (χ4v) is 2.90. The van der Waals surface area contributed by atoms with Crippen molar-refractivity contribution in [2.75, 3.05) is 27.2 Å². The van der Waals surface area contributed by atoms with Crippen molar-refractivity contribution in [2.24, 2.45) is 0 Å². The van der Waals surface area contributed by atoms with E-state index in [2.05, 4.69) is 16.0 Å². The Morgan fingerprint density at radius 2 is 1.00 bits per heavy atom. The van der Waals surface area contributed by atoms with Gasteiger partial charge in [-0.2, -0.15) is 0 Å². The molecular weight excluding hydrogens is 402 g/mol. The van der Waals surface area contributed by atoms with Crippen LogP contribution in [0.3, 0.4) is 0 Å². The van der Waals surface area contributed by atoms with E-state index in [0.717, 1.165) is 35.5 Å². The lowest BCUT2D eigenvalue weighted by Crippen LogP contribution is -2.23. The van der Waals surface area contributed by atoms with Crippen LogP contribution in [0.25, 0.3) is 22.6 Å². The molecule has 1 heterocycles. The second-order valence-electron chi connectivity index (χ2n) is 7.33. The van der Waals surface area contributed by atoms with Crippen molar-refractivity contribution in [3.63, 3.8) is 0 Å². The summed E-state index contributed by atoms with van der Waals surface area (Å²) in [6.07, 6.45) is 1.81. The van der Waals surface area contributed by atoms with Gasteiger partial charge in [0.2, 0.25) is 0 Å². The summed E-state index contributed by atoms with van der Waals surface area (Å²) in [5.41, 5.74) is 3.06. The molecule has 0 bridgehead atoms. The van der Waals surface area contributed by atoms with Crippen LogP contribution in [-0.2, 0) is 0 Å². The molecule has 0 saturated carbocycles. The first-order chi connectivity index (χ1) is 15.5. The van der Waals surface area contributed by atoms with Crippen molar-refractivity contribution in [3.05, 3.63) is 71.8 Å². The van der Waals surface area contributed by atoms with Gasteiger partial charge in [-0.3, -0.25) is 9.59 Å². The topological polar surface area (TPSA) is 83.4 Å². The van der Waals surface area contributed by atoms with Gasteiger partial charge in [0.1, 0.15) is 11.5 Å². The molecule has 2 amide bonds. The largest absolute Gasteiger partial charge is 0.456 e. The summed E-state index contributed by atoms with van der Waals surface area (Å²) in [5.74, 6) is 1.32. The molecular formula is C26H33N3O3. The van der Waals surface area contributed by atoms with Crippen LogP contribution >= 0.6 is 0 Å². The van der Waals surface area contributed by atoms with E-state index in [9.17, 15) is 9.59 Å². The zero-order valence-corrected chi connectivity index (χ0v) is 19.3. The number of benzene rings is 2. The van der Waals surface area contributed by atoms with Gasteiger partial charge in [0.05, 0.1) is 0 Å². The maximum absolute atomic E-state index is 12.0. The summed E-state index contributed by atoms with van der Waals surface area (Å²) in [5, 5.41) is 8.48. The molecule has 1 aromatic heterocycles. The van der Waals surface area contributed by atoms with Crippen molar-refractivity contribution in [1.29, 1.82) is 0 Å². The summed E-state index contributed by atoms with van der Waals surface area (Å²) >= 11 is 0. The Morgan fingerprint density at radius 3 is 1.31 bits per heavy atom. The molecule has 0 aliphatic rings. The third-order valence-electron chi connectivity index (χ3n) is 4.54. The van der Waals surface area contributed by atoms with E-state index in [0.29, 0.717) is 24.2 Å². The van der Waals surface area contributed by atoms with Crippen LogP contribution in [-0.4, -0.2) is 39.0 Å². The molecule has 170 valence electrons. The lowest BCUT2D eigenvalue weighted by Gasteiger charge is -2.05. The minimum Gasteiger partial charge on any atom is -0.456 e. The third-order valence-corrected chi connectivity index (χ3v) is 4.54. The van der Waals surface area contributed by atoms with E-state index in [-0.39, 0.29) is 11.8 Å². The Morgan fingerprint density at radius 1 is 0.656 bits per heavy atom. The number of carbonyl (C=O) groups is 2. The van der Waals surface area contributed by atoms with Crippen molar-refractivity contribution in [2.45, 2.75) is 26.7 Å². The SMILES string of the molecule is CCCNC(=O)c1ccc(-c2ccc(-c3ccc(C(=O)NCCC)cc3)o2)cc1.CNC. The fourth-order valence-electron chi connectivity index (χ4n) is 2.90. The highest BCUT2D eigenvalue weighted by Gasteiger charge is 2.10. The van der Waals surface area contributed by atoms with Gasteiger partial charge in [0, 0.05) is 35.3 Å². The second-order valence-corrected chi connectivity index (χ2v) is 7.33. The fraction of sp³-hybridized carbons (Fsp3) is 0.308. The lowest BCUT2D eigenvalue weighted by molar-refractivity contribution is 0.0945. The monoisotopic (exact) mass is 435 g/mol. The molecule has 6 nitrogen and oxygen atoms in total. The average molecular weight is 436 g/mol. The summed E-state index contributed by atoms with van der Waals surface area (Å²) in [4.78, 5) is 24.0. The number of rotatable bonds is 8. The number of furan rings is 1.